The number of anilines is 1. The van der Waals surface area contributed by atoms with E-state index in [2.05, 4.69) is 55.1 Å². The van der Waals surface area contributed by atoms with Crippen molar-refractivity contribution in [2.24, 2.45) is 5.92 Å². The van der Waals surface area contributed by atoms with Crippen LogP contribution in [0.3, 0.4) is 0 Å². The van der Waals surface area contributed by atoms with Crippen molar-refractivity contribution in [1.82, 2.24) is 14.9 Å². The van der Waals surface area contributed by atoms with E-state index in [0.29, 0.717) is 26.3 Å². The molecule has 0 N–H and O–H groups in total. The molecule has 6 heteroatoms. The van der Waals surface area contributed by atoms with Crippen molar-refractivity contribution in [3.05, 3.63) is 77.0 Å². The molecule has 0 aliphatic carbocycles. The number of piperazine rings is 1. The van der Waals surface area contributed by atoms with Crippen LogP contribution in [0.2, 0.25) is 0 Å². The van der Waals surface area contributed by atoms with Crippen molar-refractivity contribution in [1.29, 1.82) is 0 Å². The first-order chi connectivity index (χ1) is 17.1. The highest BCUT2D eigenvalue weighted by atomic mass is 16.5. The molecule has 1 atom stereocenters. The van der Waals surface area contributed by atoms with Crippen LogP contribution < -0.4 is 4.90 Å². The molecule has 0 unspecified atom stereocenters. The number of ether oxygens (including phenoxy) is 1. The van der Waals surface area contributed by atoms with Gasteiger partial charge < -0.3 is 14.5 Å². The smallest absolute Gasteiger partial charge is 0.228 e. The van der Waals surface area contributed by atoms with Gasteiger partial charge in [-0.3, -0.25) is 4.79 Å². The lowest BCUT2D eigenvalue weighted by Crippen LogP contribution is -2.51. The van der Waals surface area contributed by atoms with Crippen LogP contribution in [0.25, 0.3) is 11.4 Å². The van der Waals surface area contributed by atoms with E-state index in [1.165, 1.54) is 16.7 Å². The van der Waals surface area contributed by atoms with Crippen LogP contribution in [-0.4, -0.2) is 60.2 Å². The number of benzene rings is 2. The lowest BCUT2D eigenvalue weighted by atomic mass is 10.0. The molecule has 0 bridgehead atoms. The number of hydrogen-bond donors (Lipinski definition) is 0. The highest BCUT2D eigenvalue weighted by molar-refractivity contribution is 5.79. The van der Waals surface area contributed by atoms with E-state index in [-0.39, 0.29) is 11.8 Å². The Labute approximate surface area is 208 Å². The molecule has 2 aliphatic heterocycles. The summed E-state index contributed by atoms with van der Waals surface area (Å²) < 4.78 is 5.45. The van der Waals surface area contributed by atoms with E-state index < -0.39 is 0 Å². The fourth-order valence-corrected chi connectivity index (χ4v) is 5.00. The Morgan fingerprint density at radius 2 is 1.74 bits per heavy atom. The van der Waals surface area contributed by atoms with E-state index >= 15 is 0 Å². The first-order valence-corrected chi connectivity index (χ1v) is 12.7. The van der Waals surface area contributed by atoms with Gasteiger partial charge in [0.05, 0.1) is 12.5 Å². The van der Waals surface area contributed by atoms with Gasteiger partial charge in [0, 0.05) is 56.0 Å². The summed E-state index contributed by atoms with van der Waals surface area (Å²) in [6.45, 7) is 8.51. The van der Waals surface area contributed by atoms with Crippen molar-refractivity contribution in [2.45, 2.75) is 33.1 Å². The number of amides is 1. The Balaban J connectivity index is 1.46. The van der Waals surface area contributed by atoms with Crippen LogP contribution in [0.4, 0.5) is 5.82 Å². The van der Waals surface area contributed by atoms with E-state index in [9.17, 15) is 4.79 Å². The van der Waals surface area contributed by atoms with Gasteiger partial charge in [-0.15, -0.1) is 0 Å². The fraction of sp³-hybridized carbons (Fsp3) is 0.414. The van der Waals surface area contributed by atoms with E-state index in [1.807, 2.05) is 23.1 Å². The lowest BCUT2D eigenvalue weighted by molar-refractivity contribution is -0.135. The molecule has 5 rings (SSSR count). The Hall–Kier alpha value is -3.25. The van der Waals surface area contributed by atoms with Crippen molar-refractivity contribution in [3.63, 3.8) is 0 Å². The van der Waals surface area contributed by atoms with Crippen LogP contribution in [-0.2, 0) is 22.4 Å². The number of aryl methyl sites for hydroxylation is 2. The molecule has 3 aromatic rings. The molecule has 0 radical (unpaired) electrons. The molecule has 182 valence electrons. The van der Waals surface area contributed by atoms with E-state index in [4.69, 9.17) is 14.7 Å². The predicted molar refractivity (Wildman–Crippen MR) is 139 cm³/mol. The van der Waals surface area contributed by atoms with Gasteiger partial charge in [0.2, 0.25) is 5.91 Å². The average molecular weight is 471 g/mol. The van der Waals surface area contributed by atoms with Gasteiger partial charge in [-0.05, 0) is 25.3 Å². The van der Waals surface area contributed by atoms with Crippen LogP contribution >= 0.6 is 0 Å². The third-order valence-corrected chi connectivity index (χ3v) is 7.11. The zero-order valence-corrected chi connectivity index (χ0v) is 20.7. The van der Waals surface area contributed by atoms with E-state index in [1.54, 1.807) is 0 Å². The number of carbonyl (C=O) groups excluding carboxylic acids is 1. The van der Waals surface area contributed by atoms with Crippen LogP contribution in [0, 0.1) is 12.8 Å². The second-order valence-corrected chi connectivity index (χ2v) is 9.55. The minimum Gasteiger partial charge on any atom is -0.381 e. The molecule has 2 aromatic carbocycles. The quantitative estimate of drug-likeness (QED) is 0.538. The molecule has 1 amide bonds. The molecule has 3 heterocycles. The lowest BCUT2D eigenvalue weighted by Gasteiger charge is -2.37. The largest absolute Gasteiger partial charge is 0.381 e. The topological polar surface area (TPSA) is 58.6 Å². The zero-order valence-electron chi connectivity index (χ0n) is 20.7. The number of rotatable bonds is 6. The van der Waals surface area contributed by atoms with Gasteiger partial charge >= 0.3 is 0 Å². The molecule has 1 aromatic heterocycles. The molecule has 2 fully saturated rings. The molecule has 0 spiro atoms. The Kier molecular flexibility index (Phi) is 7.09. The number of carbonyl (C=O) groups is 1. The average Bonchev–Trinajstić information content (AvgIpc) is 3.45. The summed E-state index contributed by atoms with van der Waals surface area (Å²) in [5, 5.41) is 0. The second kappa shape index (κ2) is 10.6. The highest BCUT2D eigenvalue weighted by Crippen LogP contribution is 2.29. The minimum absolute atomic E-state index is 0.0223. The number of hydrogen-bond acceptors (Lipinski definition) is 5. The van der Waals surface area contributed by atoms with Crippen molar-refractivity contribution < 1.29 is 9.53 Å². The summed E-state index contributed by atoms with van der Waals surface area (Å²) in [6.07, 6.45) is 2.48. The molecule has 2 saturated heterocycles. The normalized spacial score (nSPS) is 18.2. The minimum atomic E-state index is 0.0223. The Morgan fingerprint density at radius 1 is 1.00 bits per heavy atom. The summed E-state index contributed by atoms with van der Waals surface area (Å²) in [5.41, 5.74) is 5.84. The number of aromatic nitrogens is 2. The van der Waals surface area contributed by atoms with Crippen LogP contribution in [0.5, 0.6) is 0 Å². The summed E-state index contributed by atoms with van der Waals surface area (Å²) in [6, 6.07) is 18.9. The van der Waals surface area contributed by atoms with Crippen molar-refractivity contribution in [3.8, 4) is 11.4 Å². The van der Waals surface area contributed by atoms with Crippen molar-refractivity contribution >= 4 is 11.7 Å². The summed E-state index contributed by atoms with van der Waals surface area (Å²) >= 11 is 0. The first-order valence-electron chi connectivity index (χ1n) is 12.7. The fourth-order valence-electron chi connectivity index (χ4n) is 5.00. The maximum atomic E-state index is 12.9. The van der Waals surface area contributed by atoms with Gasteiger partial charge in [-0.25, -0.2) is 9.97 Å². The standard InChI is InChI=1S/C29H34N4O2/c1-3-26-25(19-22-11-9-21(2)10-12-22)28(31-27(30-26)23-7-5-4-6-8-23)32-14-16-33(17-15-32)29(34)24-13-18-35-20-24/h4-12,24H,3,13-20H2,1-2H3/t24-/m1/s1. The van der Waals surface area contributed by atoms with Gasteiger partial charge in [-0.2, -0.15) is 0 Å². The third-order valence-electron chi connectivity index (χ3n) is 7.11. The molecule has 0 saturated carbocycles. The monoisotopic (exact) mass is 470 g/mol. The number of nitrogens with zero attached hydrogens (tertiary/aromatic N) is 4. The molecule has 6 nitrogen and oxygen atoms in total. The molecule has 35 heavy (non-hydrogen) atoms. The predicted octanol–water partition coefficient (Wildman–Crippen LogP) is 4.29. The van der Waals surface area contributed by atoms with Gasteiger partial charge in [0.25, 0.3) is 0 Å². The summed E-state index contributed by atoms with van der Waals surface area (Å²) in [5.74, 6) is 2.04. The first kappa shape index (κ1) is 23.5. The van der Waals surface area contributed by atoms with E-state index in [0.717, 1.165) is 55.3 Å². The Morgan fingerprint density at radius 3 is 2.40 bits per heavy atom. The van der Waals surface area contributed by atoms with Gasteiger partial charge in [0.1, 0.15) is 5.82 Å². The maximum Gasteiger partial charge on any atom is 0.228 e. The highest BCUT2D eigenvalue weighted by Gasteiger charge is 2.31. The molecule has 2 aliphatic rings. The van der Waals surface area contributed by atoms with Gasteiger partial charge in [-0.1, -0.05) is 67.1 Å². The van der Waals surface area contributed by atoms with Crippen molar-refractivity contribution in [2.75, 3.05) is 44.3 Å². The summed E-state index contributed by atoms with van der Waals surface area (Å²) in [4.78, 5) is 27.4. The SMILES string of the molecule is CCc1nc(-c2ccccc2)nc(N2CCN(C(=O)[C@@H]3CCOC3)CC2)c1Cc1ccc(C)cc1. The third kappa shape index (κ3) is 5.22. The van der Waals surface area contributed by atoms with Gasteiger partial charge in [0.15, 0.2) is 5.82 Å². The maximum absolute atomic E-state index is 12.9. The second-order valence-electron chi connectivity index (χ2n) is 9.55. The molecular weight excluding hydrogens is 436 g/mol. The van der Waals surface area contributed by atoms with Crippen LogP contribution in [0.15, 0.2) is 54.6 Å². The molecular formula is C29H34N4O2. The summed E-state index contributed by atoms with van der Waals surface area (Å²) in [7, 11) is 0. The van der Waals surface area contributed by atoms with Crippen LogP contribution in [0.1, 0.15) is 35.7 Å². The Bertz CT molecular complexity index is 1150. The zero-order chi connectivity index (χ0) is 24.2.